The van der Waals surface area contributed by atoms with Crippen LogP contribution in [0.25, 0.3) is 0 Å². The van der Waals surface area contributed by atoms with Gasteiger partial charge in [-0.3, -0.25) is 9.59 Å². The van der Waals surface area contributed by atoms with Crippen LogP contribution in [-0.2, 0) is 9.59 Å². The van der Waals surface area contributed by atoms with Gasteiger partial charge in [0.15, 0.2) is 0 Å². The molecule has 3 saturated carbocycles. The second kappa shape index (κ2) is 13.3. The number of aliphatic hydroxyl groups excluding tert-OH is 2. The van der Waals surface area contributed by atoms with E-state index in [0.29, 0.717) is 31.1 Å². The third kappa shape index (κ3) is 6.93. The van der Waals surface area contributed by atoms with E-state index in [2.05, 4.69) is 45.6 Å². The van der Waals surface area contributed by atoms with Gasteiger partial charge in [0.25, 0.3) is 0 Å². The fraction of sp³-hybridized carbons (Fsp3) is 0.714. The predicted octanol–water partition coefficient (Wildman–Crippen LogP) is 7.84. The van der Waals surface area contributed by atoms with Crippen molar-refractivity contribution in [1.82, 2.24) is 0 Å². The SMILES string of the molecule is C=C1C(=CC=C2CCC[C@]3(C)[C@@H](C(C)=CCC(=O)C(C)(C)C(=O)CCCCCC)CC[C@@H]23)C[C@@H](O)[C@H](C)[C@@H]1O. The van der Waals surface area contributed by atoms with Crippen LogP contribution >= 0.6 is 0 Å². The van der Waals surface area contributed by atoms with Gasteiger partial charge < -0.3 is 10.2 Å². The number of fused-ring (bicyclic) bond motifs is 1. The number of ketones is 2. The third-order valence-corrected chi connectivity index (χ3v) is 10.6. The lowest BCUT2D eigenvalue weighted by Crippen LogP contribution is -2.36. The van der Waals surface area contributed by atoms with E-state index in [1.165, 1.54) is 17.6 Å². The van der Waals surface area contributed by atoms with Crippen LogP contribution in [0.2, 0.25) is 0 Å². The smallest absolute Gasteiger partial charge is 0.149 e. The summed E-state index contributed by atoms with van der Waals surface area (Å²) >= 11 is 0. The number of hydrogen-bond acceptors (Lipinski definition) is 4. The molecule has 0 aromatic carbocycles. The highest BCUT2D eigenvalue weighted by atomic mass is 16.3. The van der Waals surface area contributed by atoms with Crippen molar-refractivity contribution >= 4 is 11.6 Å². The van der Waals surface area contributed by atoms with Gasteiger partial charge in [-0.1, -0.05) is 76.0 Å². The molecule has 3 aliphatic carbocycles. The van der Waals surface area contributed by atoms with Crippen LogP contribution in [0.5, 0.6) is 0 Å². The van der Waals surface area contributed by atoms with Gasteiger partial charge in [0.05, 0.1) is 17.6 Å². The maximum atomic E-state index is 13.1. The van der Waals surface area contributed by atoms with E-state index in [4.69, 9.17) is 0 Å². The standard InChI is InChI=1S/C35H54O4/c1-8-9-10-11-14-31(37)34(5,6)32(38)20-15-23(2)28-18-19-29-26(13-12-21-35(28,29)7)16-17-27-22-30(36)25(4)33(39)24(27)3/h15-17,25,28-30,33,36,39H,3,8-14,18-22H2,1-2,4-7H3/t25-,28+,29-,30+,33+,35+/m0/s1. The molecule has 0 bridgehead atoms. The van der Waals surface area contributed by atoms with E-state index in [9.17, 15) is 19.8 Å². The quantitative estimate of drug-likeness (QED) is 0.160. The summed E-state index contributed by atoms with van der Waals surface area (Å²) in [6.45, 7) is 16.4. The number of unbranched alkanes of at least 4 members (excludes halogenated alkanes) is 3. The van der Waals surface area contributed by atoms with Crippen LogP contribution in [0.1, 0.15) is 119 Å². The minimum atomic E-state index is -0.915. The first-order valence-electron chi connectivity index (χ1n) is 15.5. The molecule has 0 radical (unpaired) electrons. The van der Waals surface area contributed by atoms with Gasteiger partial charge >= 0.3 is 0 Å². The molecule has 6 atom stereocenters. The highest BCUT2D eigenvalue weighted by molar-refractivity contribution is 6.06. The molecule has 3 rings (SSSR count). The van der Waals surface area contributed by atoms with E-state index in [1.54, 1.807) is 13.8 Å². The molecule has 3 fully saturated rings. The summed E-state index contributed by atoms with van der Waals surface area (Å²) in [7, 11) is 0. The second-order valence-electron chi connectivity index (χ2n) is 13.5. The Balaban J connectivity index is 1.68. The summed E-state index contributed by atoms with van der Waals surface area (Å²) in [6.07, 6.45) is 16.5. The average molecular weight is 539 g/mol. The fourth-order valence-corrected chi connectivity index (χ4v) is 7.46. The number of aliphatic hydroxyl groups is 2. The van der Waals surface area contributed by atoms with Crippen LogP contribution in [0.3, 0.4) is 0 Å². The highest BCUT2D eigenvalue weighted by Crippen LogP contribution is 2.59. The molecule has 39 heavy (non-hydrogen) atoms. The van der Waals surface area contributed by atoms with Crippen molar-refractivity contribution in [2.75, 3.05) is 0 Å². The molecular formula is C35H54O4. The van der Waals surface area contributed by atoms with Crippen LogP contribution in [-0.4, -0.2) is 34.0 Å². The molecule has 0 aromatic rings. The maximum absolute atomic E-state index is 13.1. The molecule has 0 heterocycles. The van der Waals surface area contributed by atoms with Gasteiger partial charge in [-0.05, 0) is 94.1 Å². The predicted molar refractivity (Wildman–Crippen MR) is 160 cm³/mol. The summed E-state index contributed by atoms with van der Waals surface area (Å²) in [4.78, 5) is 25.9. The number of allylic oxidation sites excluding steroid dienone is 5. The first-order valence-corrected chi connectivity index (χ1v) is 15.5. The van der Waals surface area contributed by atoms with Crippen molar-refractivity contribution < 1.29 is 19.8 Å². The second-order valence-corrected chi connectivity index (χ2v) is 13.5. The summed E-state index contributed by atoms with van der Waals surface area (Å²) in [6, 6.07) is 0. The van der Waals surface area contributed by atoms with Gasteiger partial charge in [-0.25, -0.2) is 0 Å². The molecule has 2 N–H and O–H groups in total. The topological polar surface area (TPSA) is 74.6 Å². The Hall–Kier alpha value is -1.78. The lowest BCUT2D eigenvalue weighted by molar-refractivity contribution is -0.138. The molecule has 0 saturated heterocycles. The molecule has 0 amide bonds. The number of carbonyl (C=O) groups is 2. The Kier molecular flexibility index (Phi) is 10.8. The molecule has 0 spiro atoms. The Morgan fingerprint density at radius 1 is 1.10 bits per heavy atom. The fourth-order valence-electron chi connectivity index (χ4n) is 7.46. The van der Waals surface area contributed by atoms with Crippen LogP contribution in [0.15, 0.2) is 47.1 Å². The molecule has 3 aliphatic rings. The number of carbonyl (C=O) groups excluding carboxylic acids is 2. The zero-order valence-electron chi connectivity index (χ0n) is 25.5. The van der Waals surface area contributed by atoms with Crippen molar-refractivity contribution in [2.24, 2.45) is 28.6 Å². The Labute approximate surface area is 237 Å². The number of hydrogen-bond donors (Lipinski definition) is 2. The van der Waals surface area contributed by atoms with Gasteiger partial charge in [0.1, 0.15) is 11.6 Å². The van der Waals surface area contributed by atoms with Crippen molar-refractivity contribution in [1.29, 1.82) is 0 Å². The van der Waals surface area contributed by atoms with Crippen molar-refractivity contribution in [3.05, 3.63) is 47.1 Å². The zero-order chi connectivity index (χ0) is 29.0. The van der Waals surface area contributed by atoms with E-state index in [-0.39, 0.29) is 22.9 Å². The average Bonchev–Trinajstić information content (AvgIpc) is 3.26. The summed E-state index contributed by atoms with van der Waals surface area (Å²) in [5.41, 5.74) is 3.70. The van der Waals surface area contributed by atoms with Gasteiger partial charge in [0.2, 0.25) is 0 Å². The van der Waals surface area contributed by atoms with Crippen LogP contribution in [0, 0.1) is 28.6 Å². The zero-order valence-corrected chi connectivity index (χ0v) is 25.5. The van der Waals surface area contributed by atoms with Crippen molar-refractivity contribution in [3.8, 4) is 0 Å². The largest absolute Gasteiger partial charge is 0.392 e. The lowest BCUT2D eigenvalue weighted by Gasteiger charge is -2.43. The Morgan fingerprint density at radius 2 is 1.82 bits per heavy atom. The molecule has 218 valence electrons. The molecule has 4 nitrogen and oxygen atoms in total. The van der Waals surface area contributed by atoms with Crippen molar-refractivity contribution in [3.63, 3.8) is 0 Å². The summed E-state index contributed by atoms with van der Waals surface area (Å²) in [5, 5.41) is 20.8. The molecule has 4 heteroatoms. The van der Waals surface area contributed by atoms with Crippen LogP contribution in [0.4, 0.5) is 0 Å². The highest BCUT2D eigenvalue weighted by Gasteiger charge is 2.49. The number of Topliss-reactive ketones (excluding diaryl/α,β-unsaturated/α-hetero) is 2. The lowest BCUT2D eigenvalue weighted by atomic mass is 9.62. The normalized spacial score (nSPS) is 34.0. The van der Waals surface area contributed by atoms with E-state index < -0.39 is 17.6 Å². The molecular weight excluding hydrogens is 484 g/mol. The van der Waals surface area contributed by atoms with Crippen LogP contribution < -0.4 is 0 Å². The minimum absolute atomic E-state index is 0.0318. The first-order chi connectivity index (χ1) is 18.3. The molecule has 0 aliphatic heterocycles. The maximum Gasteiger partial charge on any atom is 0.149 e. The first kappa shape index (κ1) is 31.7. The number of rotatable bonds is 11. The summed E-state index contributed by atoms with van der Waals surface area (Å²) in [5.74, 6) is 0.859. The Bertz CT molecular complexity index is 1010. The van der Waals surface area contributed by atoms with E-state index in [1.807, 2.05) is 6.92 Å². The monoisotopic (exact) mass is 538 g/mol. The van der Waals surface area contributed by atoms with Crippen molar-refractivity contribution in [2.45, 2.75) is 131 Å². The van der Waals surface area contributed by atoms with Gasteiger partial charge in [0, 0.05) is 18.8 Å². The minimum Gasteiger partial charge on any atom is -0.392 e. The summed E-state index contributed by atoms with van der Waals surface area (Å²) < 4.78 is 0. The molecule has 0 unspecified atom stereocenters. The van der Waals surface area contributed by atoms with Gasteiger partial charge in [-0.15, -0.1) is 0 Å². The van der Waals surface area contributed by atoms with E-state index >= 15 is 0 Å². The third-order valence-electron chi connectivity index (χ3n) is 10.6. The Morgan fingerprint density at radius 3 is 2.51 bits per heavy atom. The molecule has 0 aromatic heterocycles. The van der Waals surface area contributed by atoms with Gasteiger partial charge in [-0.2, -0.15) is 0 Å². The van der Waals surface area contributed by atoms with E-state index in [0.717, 1.165) is 62.5 Å².